The first-order valence-corrected chi connectivity index (χ1v) is 9.54. The van der Waals surface area contributed by atoms with Crippen LogP contribution in [0.15, 0.2) is 6.07 Å². The number of ether oxygens (including phenoxy) is 1. The molecule has 1 saturated carbocycles. The average Bonchev–Trinajstić information content (AvgIpc) is 3.05. The van der Waals surface area contributed by atoms with Crippen LogP contribution in [0.2, 0.25) is 0 Å². The van der Waals surface area contributed by atoms with Crippen LogP contribution < -0.4 is 5.32 Å². The molecular weight excluding hydrogens is 356 g/mol. The Kier molecular flexibility index (Phi) is 5.13. The average molecular weight is 378 g/mol. The fraction of sp³-hybridized carbons (Fsp3) is 0.556. The molecule has 140 valence electrons. The predicted octanol–water partition coefficient (Wildman–Crippen LogP) is 2.35. The van der Waals surface area contributed by atoms with Crippen molar-refractivity contribution < 1.29 is 23.9 Å². The van der Waals surface area contributed by atoms with Crippen molar-refractivity contribution in [3.63, 3.8) is 0 Å². The van der Waals surface area contributed by atoms with Crippen molar-refractivity contribution in [1.29, 1.82) is 0 Å². The van der Waals surface area contributed by atoms with E-state index < -0.39 is 30.7 Å². The van der Waals surface area contributed by atoms with Crippen molar-refractivity contribution in [1.82, 2.24) is 10.2 Å². The van der Waals surface area contributed by atoms with Crippen LogP contribution >= 0.6 is 11.3 Å². The van der Waals surface area contributed by atoms with Gasteiger partial charge in [-0.1, -0.05) is 19.3 Å². The van der Waals surface area contributed by atoms with Gasteiger partial charge in [0.25, 0.3) is 5.91 Å². The van der Waals surface area contributed by atoms with Gasteiger partial charge < -0.3 is 10.1 Å². The summed E-state index contributed by atoms with van der Waals surface area (Å²) in [6.07, 6.45) is 3.98. The molecule has 0 atom stereocenters. The molecule has 0 unspecified atom stereocenters. The molecule has 0 aromatic carbocycles. The van der Waals surface area contributed by atoms with Crippen LogP contribution in [-0.2, 0) is 14.3 Å². The molecule has 1 aliphatic heterocycles. The number of ketones is 1. The number of nitrogens with zero attached hydrogens (tertiary/aromatic N) is 1. The molecule has 2 heterocycles. The molecule has 26 heavy (non-hydrogen) atoms. The number of carbonyl (C=O) groups is 4. The van der Waals surface area contributed by atoms with Gasteiger partial charge >= 0.3 is 12.0 Å². The Bertz CT molecular complexity index is 764. The first kappa shape index (κ1) is 18.6. The molecule has 1 aromatic heterocycles. The lowest BCUT2D eigenvalue weighted by Gasteiger charge is -2.30. The largest absolute Gasteiger partial charge is 0.456 e. The topological polar surface area (TPSA) is 92.8 Å². The van der Waals surface area contributed by atoms with E-state index >= 15 is 0 Å². The van der Waals surface area contributed by atoms with E-state index in [9.17, 15) is 19.2 Å². The number of amides is 3. The van der Waals surface area contributed by atoms with E-state index in [0.717, 1.165) is 33.9 Å². The van der Waals surface area contributed by atoms with Gasteiger partial charge in [-0.25, -0.2) is 4.79 Å². The molecule has 1 aromatic rings. The highest BCUT2D eigenvalue weighted by Gasteiger charge is 2.51. The monoisotopic (exact) mass is 378 g/mol. The Morgan fingerprint density at radius 2 is 1.92 bits per heavy atom. The number of rotatable bonds is 5. The van der Waals surface area contributed by atoms with E-state index in [1.54, 1.807) is 6.07 Å². The van der Waals surface area contributed by atoms with Crippen molar-refractivity contribution in [3.05, 3.63) is 21.4 Å². The SMILES string of the molecule is Cc1cc(C(=O)COC(=O)CN2C(=O)NC3(CCCCC3)C2=O)c(C)s1. The predicted molar refractivity (Wildman–Crippen MR) is 95.1 cm³/mol. The molecule has 3 amide bonds. The number of esters is 1. The number of nitrogens with one attached hydrogen (secondary N) is 1. The highest BCUT2D eigenvalue weighted by Crippen LogP contribution is 2.33. The van der Waals surface area contributed by atoms with Gasteiger partial charge in [0, 0.05) is 15.3 Å². The lowest BCUT2D eigenvalue weighted by atomic mass is 9.82. The Morgan fingerprint density at radius 3 is 2.54 bits per heavy atom. The lowest BCUT2D eigenvalue weighted by molar-refractivity contribution is -0.147. The van der Waals surface area contributed by atoms with E-state index in [4.69, 9.17) is 4.74 Å². The quantitative estimate of drug-likeness (QED) is 0.482. The summed E-state index contributed by atoms with van der Waals surface area (Å²) in [4.78, 5) is 51.7. The number of hydrogen-bond donors (Lipinski definition) is 1. The fourth-order valence-corrected chi connectivity index (χ4v) is 4.56. The maximum Gasteiger partial charge on any atom is 0.326 e. The summed E-state index contributed by atoms with van der Waals surface area (Å²) in [5.74, 6) is -1.42. The van der Waals surface area contributed by atoms with Gasteiger partial charge in [0.2, 0.25) is 5.78 Å². The van der Waals surface area contributed by atoms with E-state index in [0.29, 0.717) is 18.4 Å². The number of Topliss-reactive ketones (excluding diaryl/α,β-unsaturated/α-hetero) is 1. The van der Waals surface area contributed by atoms with Gasteiger partial charge in [-0.05, 0) is 32.8 Å². The van der Waals surface area contributed by atoms with Crippen molar-refractivity contribution in [3.8, 4) is 0 Å². The number of urea groups is 1. The number of thiophene rings is 1. The minimum Gasteiger partial charge on any atom is -0.456 e. The number of imide groups is 1. The highest BCUT2D eigenvalue weighted by molar-refractivity contribution is 7.12. The molecule has 0 bridgehead atoms. The summed E-state index contributed by atoms with van der Waals surface area (Å²) in [6.45, 7) is 2.87. The molecular formula is C18H22N2O5S. The summed E-state index contributed by atoms with van der Waals surface area (Å²) in [5.41, 5.74) is -0.326. The van der Waals surface area contributed by atoms with Gasteiger partial charge in [0.1, 0.15) is 12.1 Å². The van der Waals surface area contributed by atoms with Crippen LogP contribution in [0.25, 0.3) is 0 Å². The molecule has 2 aliphatic rings. The van der Waals surface area contributed by atoms with E-state index in [-0.39, 0.29) is 11.7 Å². The van der Waals surface area contributed by atoms with Gasteiger partial charge in [0.05, 0.1) is 0 Å². The second-order valence-corrected chi connectivity index (χ2v) is 8.34. The maximum absolute atomic E-state index is 12.6. The molecule has 1 N–H and O–H groups in total. The van der Waals surface area contributed by atoms with Crippen LogP contribution in [-0.4, -0.2) is 47.3 Å². The van der Waals surface area contributed by atoms with Crippen LogP contribution in [0, 0.1) is 13.8 Å². The number of hydrogen-bond acceptors (Lipinski definition) is 6. The molecule has 8 heteroatoms. The van der Waals surface area contributed by atoms with Crippen molar-refractivity contribution >= 4 is 35.0 Å². The Balaban J connectivity index is 1.56. The second-order valence-electron chi connectivity index (χ2n) is 6.87. The summed E-state index contributed by atoms with van der Waals surface area (Å²) in [7, 11) is 0. The van der Waals surface area contributed by atoms with Crippen LogP contribution in [0.4, 0.5) is 4.79 Å². The fourth-order valence-electron chi connectivity index (χ4n) is 3.62. The van der Waals surface area contributed by atoms with E-state index in [1.807, 2.05) is 13.8 Å². The zero-order valence-corrected chi connectivity index (χ0v) is 15.7. The zero-order chi connectivity index (χ0) is 18.9. The molecule has 2 fully saturated rings. The molecule has 3 rings (SSSR count). The summed E-state index contributed by atoms with van der Waals surface area (Å²) >= 11 is 1.50. The third kappa shape index (κ3) is 3.51. The first-order valence-electron chi connectivity index (χ1n) is 8.72. The van der Waals surface area contributed by atoms with Crippen LogP contribution in [0.5, 0.6) is 0 Å². The Labute approximate surface area is 155 Å². The van der Waals surface area contributed by atoms with Crippen LogP contribution in [0.1, 0.15) is 52.2 Å². The van der Waals surface area contributed by atoms with Gasteiger partial charge in [0.15, 0.2) is 6.61 Å². The zero-order valence-electron chi connectivity index (χ0n) is 14.9. The summed E-state index contributed by atoms with van der Waals surface area (Å²) < 4.78 is 5.00. The van der Waals surface area contributed by atoms with Crippen LogP contribution in [0.3, 0.4) is 0 Å². The molecule has 1 aliphatic carbocycles. The Hall–Kier alpha value is -2.22. The minimum atomic E-state index is -0.864. The minimum absolute atomic E-state index is 0.291. The first-order chi connectivity index (χ1) is 12.3. The van der Waals surface area contributed by atoms with Crippen molar-refractivity contribution in [2.24, 2.45) is 0 Å². The smallest absolute Gasteiger partial charge is 0.326 e. The number of carbonyl (C=O) groups excluding carboxylic acids is 4. The van der Waals surface area contributed by atoms with Crippen molar-refractivity contribution in [2.45, 2.75) is 51.5 Å². The second kappa shape index (κ2) is 7.19. The molecule has 7 nitrogen and oxygen atoms in total. The highest BCUT2D eigenvalue weighted by atomic mass is 32.1. The molecule has 1 spiro atoms. The Morgan fingerprint density at radius 1 is 1.23 bits per heavy atom. The molecule has 0 radical (unpaired) electrons. The summed E-state index contributed by atoms with van der Waals surface area (Å²) in [5, 5.41) is 2.74. The lowest BCUT2D eigenvalue weighted by Crippen LogP contribution is -2.48. The third-order valence-corrected chi connectivity index (χ3v) is 5.91. The van der Waals surface area contributed by atoms with E-state index in [1.165, 1.54) is 11.3 Å². The van der Waals surface area contributed by atoms with Crippen molar-refractivity contribution in [2.75, 3.05) is 13.2 Å². The number of aryl methyl sites for hydroxylation is 2. The summed E-state index contributed by atoms with van der Waals surface area (Å²) in [6, 6.07) is 1.20. The maximum atomic E-state index is 12.6. The van der Waals surface area contributed by atoms with E-state index in [2.05, 4.69) is 5.32 Å². The molecule has 1 saturated heterocycles. The van der Waals surface area contributed by atoms with Gasteiger partial charge in [-0.15, -0.1) is 11.3 Å². The third-order valence-electron chi connectivity index (χ3n) is 4.95. The standard InChI is InChI=1S/C18H22N2O5S/c1-11-8-13(12(2)26-11)14(21)10-25-15(22)9-20-16(23)18(19-17(20)24)6-4-3-5-7-18/h8H,3-7,9-10H2,1-2H3,(H,19,24). The van der Waals surface area contributed by atoms with Gasteiger partial charge in [-0.2, -0.15) is 0 Å². The normalized spacial score (nSPS) is 18.9. The van der Waals surface area contributed by atoms with Gasteiger partial charge in [-0.3, -0.25) is 19.3 Å².